The number of benzene rings is 2. The quantitative estimate of drug-likeness (QED) is 0.408. The van der Waals surface area contributed by atoms with Gasteiger partial charge in [-0.15, -0.1) is 0 Å². The van der Waals surface area contributed by atoms with Crippen molar-refractivity contribution in [2.24, 2.45) is 14.1 Å². The van der Waals surface area contributed by atoms with Gasteiger partial charge in [0.05, 0.1) is 11.0 Å². The molecule has 0 unspecified atom stereocenters. The number of hydrogen-bond donors (Lipinski definition) is 1. The zero-order chi connectivity index (χ0) is 20.4. The summed E-state index contributed by atoms with van der Waals surface area (Å²) in [6.45, 7) is 0. The Labute approximate surface area is 172 Å². The van der Waals surface area contributed by atoms with Crippen LogP contribution in [0.4, 0.5) is 5.69 Å². The van der Waals surface area contributed by atoms with Crippen LogP contribution in [0.25, 0.3) is 11.0 Å². The van der Waals surface area contributed by atoms with Gasteiger partial charge in [-0.05, 0) is 60.0 Å². The number of aromatic nitrogens is 3. The summed E-state index contributed by atoms with van der Waals surface area (Å²) >= 11 is 1.46. The standard InChI is InChI=1S/C22H20N4O2S/c1-25-19-11-10-18(14-20(19)26(2)22(28)21(25)27)29-24-16-8-6-15(7-9-16)13-17-5-3-4-12-23-17/h3-12,14,24H,13H2,1-2H3. The van der Waals surface area contributed by atoms with E-state index >= 15 is 0 Å². The molecule has 0 saturated carbocycles. The van der Waals surface area contributed by atoms with E-state index in [1.165, 1.54) is 26.6 Å². The van der Waals surface area contributed by atoms with Gasteiger partial charge in [0.25, 0.3) is 0 Å². The summed E-state index contributed by atoms with van der Waals surface area (Å²) in [5.74, 6) is 0. The van der Waals surface area contributed by atoms with Gasteiger partial charge >= 0.3 is 11.1 Å². The third-order valence-corrected chi connectivity index (χ3v) is 5.64. The van der Waals surface area contributed by atoms with Crippen LogP contribution in [0.3, 0.4) is 0 Å². The van der Waals surface area contributed by atoms with Crippen molar-refractivity contribution in [2.45, 2.75) is 11.3 Å². The van der Waals surface area contributed by atoms with Crippen LogP contribution in [0.15, 0.2) is 81.3 Å². The molecular weight excluding hydrogens is 384 g/mol. The van der Waals surface area contributed by atoms with E-state index in [1.807, 2.05) is 48.5 Å². The summed E-state index contributed by atoms with van der Waals surface area (Å²) in [5.41, 5.74) is 3.60. The highest BCUT2D eigenvalue weighted by Crippen LogP contribution is 2.24. The van der Waals surface area contributed by atoms with Gasteiger partial charge in [-0.2, -0.15) is 0 Å². The van der Waals surface area contributed by atoms with Crippen LogP contribution in [0.1, 0.15) is 11.3 Å². The fourth-order valence-electron chi connectivity index (χ4n) is 3.15. The molecule has 0 aliphatic carbocycles. The molecule has 0 atom stereocenters. The van der Waals surface area contributed by atoms with Gasteiger partial charge in [0, 0.05) is 43.0 Å². The first-order chi connectivity index (χ1) is 14.0. The fraction of sp³-hybridized carbons (Fsp3) is 0.136. The second kappa shape index (κ2) is 7.97. The number of anilines is 1. The van der Waals surface area contributed by atoms with E-state index in [2.05, 4.69) is 21.8 Å². The molecule has 0 fully saturated rings. The van der Waals surface area contributed by atoms with Gasteiger partial charge in [0.2, 0.25) is 0 Å². The molecule has 0 aliphatic heterocycles. The van der Waals surface area contributed by atoms with E-state index in [0.29, 0.717) is 0 Å². The Morgan fingerprint density at radius 2 is 1.62 bits per heavy atom. The summed E-state index contributed by atoms with van der Waals surface area (Å²) in [7, 11) is 3.23. The summed E-state index contributed by atoms with van der Waals surface area (Å²) in [6.07, 6.45) is 2.60. The second-order valence-electron chi connectivity index (χ2n) is 6.78. The minimum Gasteiger partial charge on any atom is -0.326 e. The van der Waals surface area contributed by atoms with Gasteiger partial charge in [-0.1, -0.05) is 18.2 Å². The number of fused-ring (bicyclic) bond motifs is 1. The number of aryl methyl sites for hydroxylation is 2. The molecule has 4 aromatic rings. The molecule has 4 rings (SSSR count). The first-order valence-corrected chi connectivity index (χ1v) is 9.96. The lowest BCUT2D eigenvalue weighted by Gasteiger charge is -2.11. The highest BCUT2D eigenvalue weighted by molar-refractivity contribution is 8.00. The number of nitrogens with zero attached hydrogens (tertiary/aromatic N) is 3. The van der Waals surface area contributed by atoms with Gasteiger partial charge in [0.1, 0.15) is 0 Å². The van der Waals surface area contributed by atoms with Crippen molar-refractivity contribution in [2.75, 3.05) is 4.72 Å². The van der Waals surface area contributed by atoms with Crippen LogP contribution < -0.4 is 15.8 Å². The van der Waals surface area contributed by atoms with Gasteiger partial charge in [0.15, 0.2) is 0 Å². The van der Waals surface area contributed by atoms with Crippen molar-refractivity contribution in [3.8, 4) is 0 Å². The molecule has 2 aromatic carbocycles. The maximum atomic E-state index is 12.1. The Kier molecular flexibility index (Phi) is 5.22. The molecular formula is C22H20N4O2S. The maximum Gasteiger partial charge on any atom is 0.316 e. The Morgan fingerprint density at radius 3 is 2.31 bits per heavy atom. The van der Waals surface area contributed by atoms with E-state index in [9.17, 15) is 9.59 Å². The van der Waals surface area contributed by atoms with Crippen molar-refractivity contribution >= 4 is 28.7 Å². The summed E-state index contributed by atoms with van der Waals surface area (Å²) in [6, 6.07) is 19.8. The van der Waals surface area contributed by atoms with Crippen LogP contribution in [0.2, 0.25) is 0 Å². The molecule has 146 valence electrons. The number of hydrogen-bond acceptors (Lipinski definition) is 5. The topological polar surface area (TPSA) is 68.9 Å². The molecule has 2 aromatic heterocycles. The Balaban J connectivity index is 1.49. The van der Waals surface area contributed by atoms with Gasteiger partial charge in [-0.3, -0.25) is 14.6 Å². The van der Waals surface area contributed by atoms with Crippen LogP contribution in [-0.4, -0.2) is 14.1 Å². The van der Waals surface area contributed by atoms with Crippen LogP contribution in [-0.2, 0) is 20.5 Å². The van der Waals surface area contributed by atoms with Crippen molar-refractivity contribution < 1.29 is 0 Å². The molecule has 29 heavy (non-hydrogen) atoms. The Morgan fingerprint density at radius 1 is 0.897 bits per heavy atom. The Bertz CT molecular complexity index is 1280. The Hall–Kier alpha value is -3.32. The van der Waals surface area contributed by atoms with Gasteiger partial charge in [-0.25, -0.2) is 0 Å². The van der Waals surface area contributed by atoms with Crippen LogP contribution in [0, 0.1) is 0 Å². The molecule has 6 nitrogen and oxygen atoms in total. The van der Waals surface area contributed by atoms with Crippen molar-refractivity contribution in [1.82, 2.24) is 14.1 Å². The average Bonchev–Trinajstić information content (AvgIpc) is 2.76. The SMILES string of the molecule is Cn1c(=O)c(=O)n(C)c2cc(SNc3ccc(Cc4ccccn4)cc3)ccc21. The molecule has 0 bridgehead atoms. The molecule has 0 radical (unpaired) electrons. The minimum atomic E-state index is -0.529. The van der Waals surface area contributed by atoms with Gasteiger partial charge < -0.3 is 13.9 Å². The smallest absolute Gasteiger partial charge is 0.316 e. The highest BCUT2D eigenvalue weighted by Gasteiger charge is 2.09. The first-order valence-electron chi connectivity index (χ1n) is 9.14. The van der Waals surface area contributed by atoms with Crippen LogP contribution >= 0.6 is 11.9 Å². The van der Waals surface area contributed by atoms with Crippen molar-refractivity contribution in [3.05, 3.63) is 98.8 Å². The zero-order valence-corrected chi connectivity index (χ0v) is 16.9. The summed E-state index contributed by atoms with van der Waals surface area (Å²) in [4.78, 5) is 29.3. The second-order valence-corrected chi connectivity index (χ2v) is 7.66. The maximum absolute atomic E-state index is 12.1. The molecule has 0 aliphatic rings. The third kappa shape index (κ3) is 3.95. The normalized spacial score (nSPS) is 11.0. The third-order valence-electron chi connectivity index (χ3n) is 4.81. The monoisotopic (exact) mass is 404 g/mol. The molecule has 0 saturated heterocycles. The molecule has 2 heterocycles. The number of pyridine rings is 1. The lowest BCUT2D eigenvalue weighted by atomic mass is 10.1. The predicted octanol–water partition coefficient (Wildman–Crippen LogP) is 3.34. The fourth-order valence-corrected chi connectivity index (χ4v) is 3.82. The number of nitrogens with one attached hydrogen (secondary N) is 1. The van der Waals surface area contributed by atoms with Crippen molar-refractivity contribution in [1.29, 1.82) is 0 Å². The zero-order valence-electron chi connectivity index (χ0n) is 16.1. The summed E-state index contributed by atoms with van der Waals surface area (Å²) in [5, 5.41) is 0. The number of rotatable bonds is 5. The average molecular weight is 404 g/mol. The minimum absolute atomic E-state index is 0.524. The molecule has 0 spiro atoms. The molecule has 7 heteroatoms. The largest absolute Gasteiger partial charge is 0.326 e. The van der Waals surface area contributed by atoms with E-state index < -0.39 is 11.1 Å². The highest BCUT2D eigenvalue weighted by atomic mass is 32.2. The lowest BCUT2D eigenvalue weighted by Crippen LogP contribution is -2.39. The summed E-state index contributed by atoms with van der Waals surface area (Å²) < 4.78 is 6.11. The predicted molar refractivity (Wildman–Crippen MR) is 117 cm³/mol. The van der Waals surface area contributed by atoms with E-state index in [4.69, 9.17) is 0 Å². The van der Waals surface area contributed by atoms with E-state index in [1.54, 1.807) is 20.3 Å². The van der Waals surface area contributed by atoms with Crippen molar-refractivity contribution in [3.63, 3.8) is 0 Å². The van der Waals surface area contributed by atoms with E-state index in [0.717, 1.165) is 33.7 Å². The molecule has 1 N–H and O–H groups in total. The van der Waals surface area contributed by atoms with E-state index in [-0.39, 0.29) is 0 Å². The first kappa shape index (κ1) is 19.0. The lowest BCUT2D eigenvalue weighted by molar-refractivity contribution is 0.797. The van der Waals surface area contributed by atoms with Crippen LogP contribution in [0.5, 0.6) is 0 Å². The molecule has 0 amide bonds.